The molecule has 0 saturated heterocycles. The number of ketones is 1. The smallest absolute Gasteiger partial charge is 0.384 e. The van der Waals surface area contributed by atoms with Crippen molar-refractivity contribution in [1.82, 2.24) is 19.1 Å². The van der Waals surface area contributed by atoms with Crippen molar-refractivity contribution >= 4 is 23.4 Å². The molecule has 1 aliphatic carbocycles. The Morgan fingerprint density at radius 2 is 1.91 bits per heavy atom. The van der Waals surface area contributed by atoms with Gasteiger partial charge >= 0.3 is 11.9 Å². The molecule has 8 nitrogen and oxygen atoms in total. The zero-order chi connectivity index (χ0) is 23.0. The minimum Gasteiger partial charge on any atom is -0.384 e. The van der Waals surface area contributed by atoms with E-state index in [2.05, 4.69) is 9.97 Å². The van der Waals surface area contributed by atoms with Crippen LogP contribution in [0.4, 0.5) is 19.0 Å². The lowest BCUT2D eigenvalue weighted by Crippen LogP contribution is -2.36. The molecule has 3 aromatic rings. The van der Waals surface area contributed by atoms with Crippen molar-refractivity contribution in [2.24, 2.45) is 0 Å². The molecule has 0 spiro atoms. The Morgan fingerprint density at radius 3 is 2.53 bits per heavy atom. The number of carbonyl (C=O) groups excluding carboxylic acids is 1. The van der Waals surface area contributed by atoms with Gasteiger partial charge in [0.15, 0.2) is 10.9 Å². The van der Waals surface area contributed by atoms with E-state index in [-0.39, 0.29) is 34.0 Å². The van der Waals surface area contributed by atoms with Crippen molar-refractivity contribution in [3.05, 3.63) is 62.9 Å². The summed E-state index contributed by atoms with van der Waals surface area (Å²) in [5.41, 5.74) is 4.74. The molecule has 2 heterocycles. The lowest BCUT2D eigenvalue weighted by molar-refractivity contribution is -0.141. The highest BCUT2D eigenvalue weighted by Gasteiger charge is 2.32. The Bertz CT molecular complexity index is 1280. The number of hydrogen-bond donors (Lipinski definition) is 2. The highest BCUT2D eigenvalue weighted by Crippen LogP contribution is 2.35. The van der Waals surface area contributed by atoms with Crippen LogP contribution < -0.4 is 17.0 Å². The first-order valence-electron chi connectivity index (χ1n) is 9.63. The van der Waals surface area contributed by atoms with Gasteiger partial charge in [0, 0.05) is 6.04 Å². The summed E-state index contributed by atoms with van der Waals surface area (Å²) < 4.78 is 41.8. The minimum atomic E-state index is -4.51. The van der Waals surface area contributed by atoms with Crippen LogP contribution in [0.2, 0.25) is 0 Å². The Balaban J connectivity index is 1.63. The summed E-state index contributed by atoms with van der Waals surface area (Å²) in [5.74, 6) is -1.30. The van der Waals surface area contributed by atoms with Gasteiger partial charge in [-0.3, -0.25) is 19.1 Å². The molecule has 3 N–H and O–H groups in total. The molecule has 0 atom stereocenters. The number of aromatic amines is 1. The summed E-state index contributed by atoms with van der Waals surface area (Å²) in [6, 6.07) is 8.28. The van der Waals surface area contributed by atoms with E-state index in [1.54, 1.807) is 30.3 Å². The van der Waals surface area contributed by atoms with Crippen LogP contribution in [0.15, 0.2) is 51.3 Å². The molecule has 0 radical (unpaired) electrons. The van der Waals surface area contributed by atoms with Crippen molar-refractivity contribution in [2.75, 3.05) is 11.5 Å². The third-order valence-corrected chi connectivity index (χ3v) is 5.92. The molecule has 32 heavy (non-hydrogen) atoms. The number of nitrogen functional groups attached to an aromatic ring is 1. The SMILES string of the molecule is Nc1c(C(=O)CSc2ncc(-c3ccccc3)n2CC(F)(F)F)c(=O)[nH]c(=O)n1C1CC1. The number of Topliss-reactive ketones (excluding diaryl/α,β-unsaturated/α-hetero) is 1. The number of imidazole rings is 1. The van der Waals surface area contributed by atoms with Crippen LogP contribution >= 0.6 is 11.8 Å². The molecular formula is C20H18F3N5O3S. The maximum absolute atomic E-state index is 13.2. The van der Waals surface area contributed by atoms with Crippen molar-refractivity contribution in [3.63, 3.8) is 0 Å². The van der Waals surface area contributed by atoms with E-state index in [1.165, 1.54) is 10.8 Å². The first-order valence-corrected chi connectivity index (χ1v) is 10.6. The Hall–Kier alpha value is -3.28. The number of H-pyrrole nitrogens is 1. The van der Waals surface area contributed by atoms with Gasteiger partial charge < -0.3 is 10.3 Å². The summed E-state index contributed by atoms with van der Waals surface area (Å²) in [6.45, 7) is -1.29. The van der Waals surface area contributed by atoms with Gasteiger partial charge in [0.25, 0.3) is 5.56 Å². The van der Waals surface area contributed by atoms with Crippen molar-refractivity contribution < 1.29 is 18.0 Å². The van der Waals surface area contributed by atoms with Crippen LogP contribution in [0, 0.1) is 0 Å². The molecule has 1 aromatic carbocycles. The first kappa shape index (κ1) is 21.9. The topological polar surface area (TPSA) is 116 Å². The predicted molar refractivity (Wildman–Crippen MR) is 113 cm³/mol. The lowest BCUT2D eigenvalue weighted by atomic mass is 10.2. The number of anilines is 1. The summed E-state index contributed by atoms with van der Waals surface area (Å²) in [6.07, 6.45) is -1.79. The van der Waals surface area contributed by atoms with Gasteiger partial charge in [-0.1, -0.05) is 42.1 Å². The largest absolute Gasteiger partial charge is 0.406 e. The van der Waals surface area contributed by atoms with Crippen LogP contribution in [-0.2, 0) is 6.54 Å². The summed E-state index contributed by atoms with van der Waals surface area (Å²) in [4.78, 5) is 43.1. The molecule has 168 valence electrons. The molecule has 0 amide bonds. The number of halogens is 3. The number of alkyl halides is 3. The van der Waals surface area contributed by atoms with Gasteiger partial charge in [-0.25, -0.2) is 9.78 Å². The number of carbonyl (C=O) groups is 1. The zero-order valence-electron chi connectivity index (χ0n) is 16.6. The first-order chi connectivity index (χ1) is 15.2. The van der Waals surface area contributed by atoms with E-state index in [0.717, 1.165) is 16.3 Å². The van der Waals surface area contributed by atoms with Crippen molar-refractivity contribution in [3.8, 4) is 11.3 Å². The molecule has 0 unspecified atom stereocenters. The second-order valence-electron chi connectivity index (χ2n) is 7.33. The third kappa shape index (κ3) is 4.49. The van der Waals surface area contributed by atoms with Crippen LogP contribution in [0.1, 0.15) is 29.2 Å². The van der Waals surface area contributed by atoms with E-state index in [4.69, 9.17) is 5.73 Å². The zero-order valence-corrected chi connectivity index (χ0v) is 17.4. The molecule has 1 saturated carbocycles. The molecule has 4 rings (SSSR count). The highest BCUT2D eigenvalue weighted by molar-refractivity contribution is 7.99. The second kappa shape index (κ2) is 8.34. The monoisotopic (exact) mass is 465 g/mol. The number of nitrogens with one attached hydrogen (secondary N) is 1. The summed E-state index contributed by atoms with van der Waals surface area (Å²) in [5, 5.41) is -0.0277. The molecule has 1 fully saturated rings. The Labute approximate surface area is 183 Å². The normalized spacial score (nSPS) is 14.0. The van der Waals surface area contributed by atoms with Crippen LogP contribution in [0.5, 0.6) is 0 Å². The fraction of sp³-hybridized carbons (Fsp3) is 0.300. The molecule has 0 bridgehead atoms. The quantitative estimate of drug-likeness (QED) is 0.410. The fourth-order valence-corrected chi connectivity index (χ4v) is 4.23. The summed E-state index contributed by atoms with van der Waals surface area (Å²) >= 11 is 0.764. The number of nitrogens with two attached hydrogens (primary N) is 1. The van der Waals surface area contributed by atoms with Gasteiger partial charge in [0.05, 0.1) is 17.6 Å². The maximum Gasteiger partial charge on any atom is 0.406 e. The number of benzene rings is 1. The molecular weight excluding hydrogens is 447 g/mol. The Kier molecular flexibility index (Phi) is 5.71. The van der Waals surface area contributed by atoms with E-state index >= 15 is 0 Å². The molecule has 2 aromatic heterocycles. The van der Waals surface area contributed by atoms with Gasteiger partial charge in [0.2, 0.25) is 0 Å². The van der Waals surface area contributed by atoms with E-state index in [1.807, 2.05) is 0 Å². The van der Waals surface area contributed by atoms with Crippen LogP contribution in [0.25, 0.3) is 11.3 Å². The lowest BCUT2D eigenvalue weighted by Gasteiger charge is -2.14. The highest BCUT2D eigenvalue weighted by atomic mass is 32.2. The maximum atomic E-state index is 13.2. The Morgan fingerprint density at radius 1 is 1.22 bits per heavy atom. The molecule has 12 heteroatoms. The third-order valence-electron chi connectivity index (χ3n) is 4.93. The van der Waals surface area contributed by atoms with E-state index in [9.17, 15) is 27.6 Å². The predicted octanol–water partition coefficient (Wildman–Crippen LogP) is 2.85. The van der Waals surface area contributed by atoms with Crippen molar-refractivity contribution in [2.45, 2.75) is 36.8 Å². The van der Waals surface area contributed by atoms with Gasteiger partial charge in [-0.15, -0.1) is 0 Å². The van der Waals surface area contributed by atoms with Crippen LogP contribution in [-0.4, -0.2) is 36.8 Å². The van der Waals surface area contributed by atoms with E-state index < -0.39 is 29.8 Å². The van der Waals surface area contributed by atoms with Gasteiger partial charge in [0.1, 0.15) is 17.9 Å². The fourth-order valence-electron chi connectivity index (χ4n) is 3.38. The number of nitrogens with zero attached hydrogens (tertiary/aromatic N) is 3. The van der Waals surface area contributed by atoms with Gasteiger partial charge in [-0.2, -0.15) is 13.2 Å². The average Bonchev–Trinajstić information content (AvgIpc) is 3.46. The average molecular weight is 465 g/mol. The summed E-state index contributed by atoms with van der Waals surface area (Å²) in [7, 11) is 0. The van der Waals surface area contributed by atoms with Gasteiger partial charge in [-0.05, 0) is 18.4 Å². The second-order valence-corrected chi connectivity index (χ2v) is 8.27. The number of thioether (sulfide) groups is 1. The number of aromatic nitrogens is 4. The van der Waals surface area contributed by atoms with Crippen molar-refractivity contribution in [1.29, 1.82) is 0 Å². The van der Waals surface area contributed by atoms with E-state index in [0.29, 0.717) is 18.4 Å². The minimum absolute atomic E-state index is 0.0277. The standard InChI is InChI=1S/C20H18F3N5O3S/c21-20(22,23)10-27-13(11-4-2-1-3-5-11)8-25-19(27)32-9-14(29)15-16(24)28(12-6-7-12)18(31)26-17(15)30/h1-5,8,12H,6-7,9-10,24H2,(H,26,30,31). The molecule has 1 aliphatic rings. The van der Waals surface area contributed by atoms with Crippen LogP contribution in [0.3, 0.4) is 0 Å². The number of rotatable bonds is 7. The molecule has 0 aliphatic heterocycles. The number of hydrogen-bond acceptors (Lipinski definition) is 6.